The Kier molecular flexibility index (Phi) is 4.49. The first-order valence-electron chi connectivity index (χ1n) is 8.57. The smallest absolute Gasteiger partial charge is 0.243 e. The Morgan fingerprint density at radius 3 is 2.69 bits per heavy atom. The molecule has 0 amide bonds. The van der Waals surface area contributed by atoms with Crippen LogP contribution in [-0.4, -0.2) is 37.1 Å². The molecule has 1 aromatic heterocycles. The second kappa shape index (κ2) is 6.81. The van der Waals surface area contributed by atoms with Crippen molar-refractivity contribution in [3.05, 3.63) is 30.6 Å². The lowest BCUT2D eigenvalue weighted by Gasteiger charge is -2.29. The van der Waals surface area contributed by atoms with Crippen molar-refractivity contribution in [2.45, 2.75) is 42.7 Å². The third kappa shape index (κ3) is 3.63. The first-order valence-corrected chi connectivity index (χ1v) is 10.1. The molecule has 1 aromatic carbocycles. The molecule has 0 spiro atoms. The van der Waals surface area contributed by atoms with Gasteiger partial charge in [-0.2, -0.15) is 5.10 Å². The number of hydrogen-bond acceptors (Lipinski definition) is 6. The summed E-state index contributed by atoms with van der Waals surface area (Å²) in [6.45, 7) is 0.237. The van der Waals surface area contributed by atoms with E-state index in [0.29, 0.717) is 5.75 Å². The molecular weight excluding hydrogens is 358 g/mol. The lowest BCUT2D eigenvalue weighted by atomic mass is 9.94. The number of nitrogens with one attached hydrogen (secondary N) is 1. The molecule has 1 saturated carbocycles. The number of ether oxygens (including phenoxy) is 3. The van der Waals surface area contributed by atoms with Gasteiger partial charge in [-0.25, -0.2) is 13.1 Å². The van der Waals surface area contributed by atoms with Crippen molar-refractivity contribution in [2.75, 3.05) is 6.79 Å². The summed E-state index contributed by atoms with van der Waals surface area (Å²) < 4.78 is 45.7. The van der Waals surface area contributed by atoms with Crippen LogP contribution in [0, 0.1) is 0 Å². The van der Waals surface area contributed by atoms with Gasteiger partial charge in [0.1, 0.15) is 10.6 Å². The summed E-state index contributed by atoms with van der Waals surface area (Å²) in [4.78, 5) is 0.193. The normalized spacial score (nSPS) is 22.3. The van der Waals surface area contributed by atoms with Crippen molar-refractivity contribution in [3.63, 3.8) is 0 Å². The second-order valence-electron chi connectivity index (χ2n) is 6.58. The minimum atomic E-state index is -3.53. The van der Waals surface area contributed by atoms with Crippen LogP contribution in [-0.2, 0) is 17.1 Å². The van der Waals surface area contributed by atoms with Crippen LogP contribution < -0.4 is 18.9 Å². The molecule has 0 bridgehead atoms. The SMILES string of the molecule is Cn1cc(S(=O)(=O)NC2CCC(Oc3ccc4c(c3)OCO4)CC2)cn1. The van der Waals surface area contributed by atoms with Crippen LogP contribution in [0.4, 0.5) is 0 Å². The number of aromatic nitrogens is 2. The average molecular weight is 379 g/mol. The predicted octanol–water partition coefficient (Wildman–Crippen LogP) is 1.82. The quantitative estimate of drug-likeness (QED) is 0.852. The molecule has 1 aliphatic heterocycles. The third-order valence-corrected chi connectivity index (χ3v) is 6.11. The highest BCUT2D eigenvalue weighted by Gasteiger charge is 2.27. The number of sulfonamides is 1. The molecule has 0 unspecified atom stereocenters. The van der Waals surface area contributed by atoms with E-state index < -0.39 is 10.0 Å². The second-order valence-corrected chi connectivity index (χ2v) is 8.29. The van der Waals surface area contributed by atoms with E-state index in [1.165, 1.54) is 17.1 Å². The molecule has 2 aliphatic rings. The van der Waals surface area contributed by atoms with Crippen LogP contribution in [0.25, 0.3) is 0 Å². The van der Waals surface area contributed by atoms with Crippen molar-refractivity contribution in [2.24, 2.45) is 7.05 Å². The molecule has 140 valence electrons. The summed E-state index contributed by atoms with van der Waals surface area (Å²) in [5, 5.41) is 3.92. The van der Waals surface area contributed by atoms with Crippen LogP contribution in [0.2, 0.25) is 0 Å². The highest BCUT2D eigenvalue weighted by molar-refractivity contribution is 7.89. The van der Waals surface area contributed by atoms with E-state index in [1.54, 1.807) is 7.05 Å². The fourth-order valence-electron chi connectivity index (χ4n) is 3.27. The van der Waals surface area contributed by atoms with Gasteiger partial charge in [0, 0.05) is 25.4 Å². The molecule has 26 heavy (non-hydrogen) atoms. The van der Waals surface area contributed by atoms with E-state index in [0.717, 1.165) is 37.2 Å². The summed E-state index contributed by atoms with van der Waals surface area (Å²) in [7, 11) is -1.83. The van der Waals surface area contributed by atoms with Gasteiger partial charge in [-0.1, -0.05) is 0 Å². The molecule has 1 N–H and O–H groups in total. The first kappa shape index (κ1) is 17.2. The summed E-state index contributed by atoms with van der Waals surface area (Å²) in [5.74, 6) is 2.17. The molecule has 4 rings (SSSR count). The maximum atomic E-state index is 12.4. The lowest BCUT2D eigenvalue weighted by molar-refractivity contribution is 0.143. The summed E-state index contributed by atoms with van der Waals surface area (Å²) >= 11 is 0. The van der Waals surface area contributed by atoms with Crippen LogP contribution >= 0.6 is 0 Å². The van der Waals surface area contributed by atoms with Gasteiger partial charge in [0.25, 0.3) is 0 Å². The average Bonchev–Trinajstić information content (AvgIpc) is 3.25. The number of aryl methyl sites for hydroxylation is 1. The minimum Gasteiger partial charge on any atom is -0.490 e. The van der Waals surface area contributed by atoms with Gasteiger partial charge in [0.15, 0.2) is 11.5 Å². The van der Waals surface area contributed by atoms with Gasteiger partial charge >= 0.3 is 0 Å². The highest BCUT2D eigenvalue weighted by atomic mass is 32.2. The number of hydrogen-bond donors (Lipinski definition) is 1. The van der Waals surface area contributed by atoms with Crippen molar-refractivity contribution in [3.8, 4) is 17.2 Å². The number of nitrogens with zero attached hydrogens (tertiary/aromatic N) is 2. The Balaban J connectivity index is 1.31. The third-order valence-electron chi connectivity index (χ3n) is 4.63. The van der Waals surface area contributed by atoms with Crippen molar-refractivity contribution in [1.82, 2.24) is 14.5 Å². The van der Waals surface area contributed by atoms with Crippen LogP contribution in [0.15, 0.2) is 35.5 Å². The lowest BCUT2D eigenvalue weighted by Crippen LogP contribution is -2.39. The van der Waals surface area contributed by atoms with Gasteiger partial charge in [0.05, 0.1) is 12.3 Å². The number of fused-ring (bicyclic) bond motifs is 1. The van der Waals surface area contributed by atoms with E-state index in [-0.39, 0.29) is 23.8 Å². The molecule has 1 aliphatic carbocycles. The molecule has 2 heterocycles. The monoisotopic (exact) mass is 379 g/mol. The predicted molar refractivity (Wildman–Crippen MR) is 92.8 cm³/mol. The Morgan fingerprint density at radius 2 is 1.96 bits per heavy atom. The standard InChI is InChI=1S/C17H21N3O5S/c1-20-10-15(9-18-20)26(21,22)19-12-2-4-13(5-3-12)25-14-6-7-16-17(8-14)24-11-23-16/h6-10,12-13,19H,2-5,11H2,1H3. The maximum Gasteiger partial charge on any atom is 0.243 e. The molecule has 9 heteroatoms. The van der Waals surface area contributed by atoms with Crippen molar-refractivity contribution < 1.29 is 22.6 Å². The summed E-state index contributed by atoms with van der Waals surface area (Å²) in [6.07, 6.45) is 5.95. The van der Waals surface area contributed by atoms with E-state index in [9.17, 15) is 8.42 Å². The van der Waals surface area contributed by atoms with Crippen LogP contribution in [0.3, 0.4) is 0 Å². The molecule has 1 fully saturated rings. The molecule has 2 aromatic rings. The minimum absolute atomic E-state index is 0.0644. The molecular formula is C17H21N3O5S. The van der Waals surface area contributed by atoms with E-state index in [4.69, 9.17) is 14.2 Å². The van der Waals surface area contributed by atoms with E-state index >= 15 is 0 Å². The zero-order valence-corrected chi connectivity index (χ0v) is 15.2. The number of rotatable bonds is 5. The topological polar surface area (TPSA) is 91.7 Å². The van der Waals surface area contributed by atoms with Crippen molar-refractivity contribution >= 4 is 10.0 Å². The van der Waals surface area contributed by atoms with Gasteiger partial charge in [-0.15, -0.1) is 0 Å². The molecule has 0 radical (unpaired) electrons. The molecule has 0 saturated heterocycles. The van der Waals surface area contributed by atoms with E-state index in [1.807, 2.05) is 18.2 Å². The van der Waals surface area contributed by atoms with Crippen LogP contribution in [0.5, 0.6) is 17.2 Å². The summed E-state index contributed by atoms with van der Waals surface area (Å²) in [6, 6.07) is 5.45. The van der Waals surface area contributed by atoms with Gasteiger partial charge < -0.3 is 14.2 Å². The molecule has 0 atom stereocenters. The molecule has 8 nitrogen and oxygen atoms in total. The first-order chi connectivity index (χ1) is 12.5. The fraction of sp³-hybridized carbons (Fsp3) is 0.471. The van der Waals surface area contributed by atoms with Gasteiger partial charge in [0.2, 0.25) is 16.8 Å². The Bertz CT molecular complexity index is 888. The van der Waals surface area contributed by atoms with Gasteiger partial charge in [-0.05, 0) is 37.8 Å². The van der Waals surface area contributed by atoms with Gasteiger partial charge in [-0.3, -0.25) is 4.68 Å². The van der Waals surface area contributed by atoms with Crippen LogP contribution in [0.1, 0.15) is 25.7 Å². The Labute approximate surface area is 152 Å². The van der Waals surface area contributed by atoms with E-state index in [2.05, 4.69) is 9.82 Å². The Hall–Kier alpha value is -2.26. The van der Waals surface area contributed by atoms with Crippen molar-refractivity contribution in [1.29, 1.82) is 0 Å². The zero-order chi connectivity index (χ0) is 18.1. The number of benzene rings is 1. The Morgan fingerprint density at radius 1 is 1.19 bits per heavy atom. The highest BCUT2D eigenvalue weighted by Crippen LogP contribution is 2.36. The largest absolute Gasteiger partial charge is 0.490 e. The fourth-order valence-corrected chi connectivity index (χ4v) is 4.55. The zero-order valence-electron chi connectivity index (χ0n) is 14.4. The summed E-state index contributed by atoms with van der Waals surface area (Å²) in [5.41, 5.74) is 0. The maximum absolute atomic E-state index is 12.4.